The quantitative estimate of drug-likeness (QED) is 0.797. The van der Waals surface area contributed by atoms with E-state index in [-0.39, 0.29) is 17.6 Å². The van der Waals surface area contributed by atoms with E-state index in [1.807, 2.05) is 54.6 Å². The molecule has 0 radical (unpaired) electrons. The highest BCUT2D eigenvalue weighted by Gasteiger charge is 2.31. The van der Waals surface area contributed by atoms with E-state index in [0.717, 1.165) is 11.3 Å². The van der Waals surface area contributed by atoms with Gasteiger partial charge in [0.1, 0.15) is 0 Å². The van der Waals surface area contributed by atoms with Gasteiger partial charge >= 0.3 is 0 Å². The van der Waals surface area contributed by atoms with Crippen LogP contribution in [0.3, 0.4) is 0 Å². The molecule has 1 amide bonds. The highest BCUT2D eigenvalue weighted by Crippen LogP contribution is 2.24. The number of piperidine rings is 1. The Morgan fingerprint density at radius 1 is 1.04 bits per heavy atom. The van der Waals surface area contributed by atoms with Crippen molar-refractivity contribution in [1.82, 2.24) is 4.31 Å². The van der Waals surface area contributed by atoms with Gasteiger partial charge in [-0.3, -0.25) is 4.79 Å². The van der Waals surface area contributed by atoms with E-state index in [1.165, 1.54) is 9.87 Å². The minimum Gasteiger partial charge on any atom is -0.326 e. The number of nitrogens with one attached hydrogen (secondary N) is 1. The number of carbonyl (C=O) groups is 1. The van der Waals surface area contributed by atoms with Gasteiger partial charge in [0.2, 0.25) is 15.9 Å². The van der Waals surface area contributed by atoms with Crippen molar-refractivity contribution in [3.05, 3.63) is 65.7 Å². The summed E-state index contributed by atoms with van der Waals surface area (Å²) in [6.45, 7) is 5.04. The number of sulfonamides is 1. The Bertz CT molecular complexity index is 885. The van der Waals surface area contributed by atoms with Crippen molar-refractivity contribution < 1.29 is 13.2 Å². The van der Waals surface area contributed by atoms with Crippen LogP contribution in [0.25, 0.3) is 0 Å². The van der Waals surface area contributed by atoms with E-state index in [1.54, 1.807) is 0 Å². The first-order valence-electron chi connectivity index (χ1n) is 9.78. The Hall–Kier alpha value is -2.18. The molecule has 1 aliphatic heterocycles. The fourth-order valence-corrected chi connectivity index (χ4v) is 5.03. The maximum absolute atomic E-state index is 12.6. The molecule has 2 aromatic carbocycles. The molecule has 0 aliphatic carbocycles. The smallest absolute Gasteiger partial charge is 0.227 e. The lowest BCUT2D eigenvalue weighted by atomic mass is 9.97. The van der Waals surface area contributed by atoms with Gasteiger partial charge in [0.25, 0.3) is 0 Å². The summed E-state index contributed by atoms with van der Waals surface area (Å²) in [5, 5.41) is 2.96. The van der Waals surface area contributed by atoms with Gasteiger partial charge in [-0.2, -0.15) is 0 Å². The minimum atomic E-state index is -3.36. The van der Waals surface area contributed by atoms with E-state index >= 15 is 0 Å². The Morgan fingerprint density at radius 3 is 2.21 bits per heavy atom. The lowest BCUT2D eigenvalue weighted by Crippen LogP contribution is -2.41. The summed E-state index contributed by atoms with van der Waals surface area (Å²) in [6, 6.07) is 17.1. The molecule has 1 heterocycles. The lowest BCUT2D eigenvalue weighted by Gasteiger charge is -2.30. The van der Waals surface area contributed by atoms with E-state index in [4.69, 9.17) is 0 Å². The third kappa shape index (κ3) is 5.20. The molecule has 5 nitrogen and oxygen atoms in total. The normalized spacial score (nSPS) is 16.2. The molecule has 1 aliphatic rings. The monoisotopic (exact) mass is 400 g/mol. The van der Waals surface area contributed by atoms with Gasteiger partial charge in [-0.25, -0.2) is 12.7 Å². The maximum atomic E-state index is 12.6. The molecule has 0 spiro atoms. The Morgan fingerprint density at radius 2 is 1.64 bits per heavy atom. The van der Waals surface area contributed by atoms with Crippen LogP contribution in [0.15, 0.2) is 54.6 Å². The van der Waals surface area contributed by atoms with Crippen LogP contribution < -0.4 is 5.32 Å². The Kier molecular flexibility index (Phi) is 6.52. The number of anilines is 1. The van der Waals surface area contributed by atoms with Crippen LogP contribution in [0.1, 0.15) is 43.7 Å². The van der Waals surface area contributed by atoms with Crippen molar-refractivity contribution in [3.8, 4) is 0 Å². The predicted octanol–water partition coefficient (Wildman–Crippen LogP) is 3.99. The Balaban J connectivity index is 1.53. The summed E-state index contributed by atoms with van der Waals surface area (Å²) < 4.78 is 26.8. The van der Waals surface area contributed by atoms with Gasteiger partial charge in [0, 0.05) is 24.7 Å². The molecule has 3 rings (SSSR count). The molecule has 0 unspecified atom stereocenters. The van der Waals surface area contributed by atoms with E-state index in [2.05, 4.69) is 19.2 Å². The molecular formula is C22H28N2O3S. The lowest BCUT2D eigenvalue weighted by molar-refractivity contribution is -0.120. The van der Waals surface area contributed by atoms with Crippen molar-refractivity contribution in [2.45, 2.75) is 38.4 Å². The summed E-state index contributed by atoms with van der Waals surface area (Å²) >= 11 is 0. The molecule has 0 aromatic heterocycles. The number of hydrogen-bond acceptors (Lipinski definition) is 3. The second-order valence-electron chi connectivity index (χ2n) is 7.68. The molecule has 2 aromatic rings. The van der Waals surface area contributed by atoms with Gasteiger partial charge in [0.05, 0.1) is 5.75 Å². The van der Waals surface area contributed by atoms with E-state index in [0.29, 0.717) is 31.8 Å². The third-order valence-electron chi connectivity index (χ3n) is 5.25. The van der Waals surface area contributed by atoms with Gasteiger partial charge in [-0.05, 0) is 42.0 Å². The standard InChI is InChI=1S/C22H28N2O3S/c1-17(2)19-8-10-21(11-9-19)23-22(25)20-12-14-24(15-13-20)28(26,27)16-18-6-4-3-5-7-18/h3-11,17,20H,12-16H2,1-2H3,(H,23,25). The fourth-order valence-electron chi connectivity index (χ4n) is 3.47. The molecule has 0 saturated carbocycles. The largest absolute Gasteiger partial charge is 0.326 e. The summed E-state index contributed by atoms with van der Waals surface area (Å²) in [5.74, 6) is 0.268. The van der Waals surface area contributed by atoms with Crippen molar-refractivity contribution in [2.75, 3.05) is 18.4 Å². The summed E-state index contributed by atoms with van der Waals surface area (Å²) in [5.41, 5.74) is 2.80. The first kappa shape index (κ1) is 20.6. The molecule has 1 fully saturated rings. The highest BCUT2D eigenvalue weighted by atomic mass is 32.2. The SMILES string of the molecule is CC(C)c1ccc(NC(=O)C2CCN(S(=O)(=O)Cc3ccccc3)CC2)cc1. The van der Waals surface area contributed by atoms with E-state index in [9.17, 15) is 13.2 Å². The molecule has 1 N–H and O–H groups in total. The van der Waals surface area contributed by atoms with Crippen LogP contribution >= 0.6 is 0 Å². The zero-order valence-electron chi connectivity index (χ0n) is 16.5. The topological polar surface area (TPSA) is 66.5 Å². The van der Waals surface area contributed by atoms with E-state index < -0.39 is 10.0 Å². The van der Waals surface area contributed by atoms with Crippen molar-refractivity contribution in [1.29, 1.82) is 0 Å². The average Bonchev–Trinajstić information content (AvgIpc) is 2.69. The summed E-state index contributed by atoms with van der Waals surface area (Å²) in [6.07, 6.45) is 1.09. The fraction of sp³-hybridized carbons (Fsp3) is 0.409. The number of amides is 1. The average molecular weight is 401 g/mol. The van der Waals surface area contributed by atoms with Crippen LogP contribution in [-0.2, 0) is 20.6 Å². The van der Waals surface area contributed by atoms with Crippen LogP contribution in [0.5, 0.6) is 0 Å². The molecule has 0 atom stereocenters. The molecule has 28 heavy (non-hydrogen) atoms. The maximum Gasteiger partial charge on any atom is 0.227 e. The van der Waals surface area contributed by atoms with Gasteiger partial charge in [-0.1, -0.05) is 56.3 Å². The third-order valence-corrected chi connectivity index (χ3v) is 7.10. The molecule has 0 bridgehead atoms. The van der Waals surface area contributed by atoms with Crippen LogP contribution in [0.4, 0.5) is 5.69 Å². The predicted molar refractivity (Wildman–Crippen MR) is 113 cm³/mol. The van der Waals surface area contributed by atoms with Crippen LogP contribution in [-0.4, -0.2) is 31.7 Å². The first-order valence-corrected chi connectivity index (χ1v) is 11.4. The Labute approximate surface area is 167 Å². The van der Waals surface area contributed by atoms with Gasteiger partial charge in [-0.15, -0.1) is 0 Å². The second kappa shape index (κ2) is 8.88. The van der Waals surface area contributed by atoms with Crippen LogP contribution in [0, 0.1) is 5.92 Å². The number of rotatable bonds is 6. The minimum absolute atomic E-state index is 0.00685. The van der Waals surface area contributed by atoms with Crippen molar-refractivity contribution >= 4 is 21.6 Å². The zero-order chi connectivity index (χ0) is 20.1. The molecule has 150 valence electrons. The molecular weight excluding hydrogens is 372 g/mol. The second-order valence-corrected chi connectivity index (χ2v) is 9.65. The number of benzene rings is 2. The first-order chi connectivity index (χ1) is 13.3. The van der Waals surface area contributed by atoms with Crippen molar-refractivity contribution in [3.63, 3.8) is 0 Å². The van der Waals surface area contributed by atoms with Crippen LogP contribution in [0.2, 0.25) is 0 Å². The number of carbonyl (C=O) groups excluding carboxylic acids is 1. The van der Waals surface area contributed by atoms with Gasteiger partial charge < -0.3 is 5.32 Å². The summed E-state index contributed by atoms with van der Waals surface area (Å²) in [4.78, 5) is 12.6. The number of hydrogen-bond donors (Lipinski definition) is 1. The number of nitrogens with zero attached hydrogens (tertiary/aromatic N) is 1. The molecule has 6 heteroatoms. The highest BCUT2D eigenvalue weighted by molar-refractivity contribution is 7.88. The molecule has 1 saturated heterocycles. The van der Waals surface area contributed by atoms with Crippen molar-refractivity contribution in [2.24, 2.45) is 5.92 Å². The van der Waals surface area contributed by atoms with Gasteiger partial charge in [0.15, 0.2) is 0 Å². The zero-order valence-corrected chi connectivity index (χ0v) is 17.3. The summed E-state index contributed by atoms with van der Waals surface area (Å²) in [7, 11) is -3.36.